The van der Waals surface area contributed by atoms with E-state index in [4.69, 9.17) is 10.5 Å². The molecule has 0 amide bonds. The van der Waals surface area contributed by atoms with Crippen LogP contribution in [0.3, 0.4) is 0 Å². The Labute approximate surface area is 196 Å². The number of aromatic nitrogens is 3. The van der Waals surface area contributed by atoms with Gasteiger partial charge >= 0.3 is 0 Å². The molecular formula is C23H25FN6O3S. The molecule has 2 aromatic heterocycles. The van der Waals surface area contributed by atoms with Crippen LogP contribution >= 0.6 is 0 Å². The Balaban J connectivity index is 1.60. The van der Waals surface area contributed by atoms with Gasteiger partial charge in [-0.2, -0.15) is 0 Å². The zero-order chi connectivity index (χ0) is 24.3. The summed E-state index contributed by atoms with van der Waals surface area (Å²) >= 11 is 0. The van der Waals surface area contributed by atoms with E-state index in [1.165, 1.54) is 19.4 Å². The van der Waals surface area contributed by atoms with Gasteiger partial charge in [0.15, 0.2) is 15.7 Å². The normalized spacial score (nSPS) is 27.8. The summed E-state index contributed by atoms with van der Waals surface area (Å²) in [6.07, 6.45) is 4.54. The van der Waals surface area contributed by atoms with E-state index in [0.29, 0.717) is 47.7 Å². The van der Waals surface area contributed by atoms with Crippen molar-refractivity contribution >= 4 is 38.2 Å². The molecule has 1 fully saturated rings. The Morgan fingerprint density at radius 1 is 1.24 bits per heavy atom. The number of benzene rings is 1. The summed E-state index contributed by atoms with van der Waals surface area (Å²) in [5.41, 5.74) is 6.59. The van der Waals surface area contributed by atoms with Gasteiger partial charge < -0.3 is 15.8 Å². The fraction of sp³-hybridized carbons (Fsp3) is 0.391. The van der Waals surface area contributed by atoms with Crippen molar-refractivity contribution in [1.82, 2.24) is 15.0 Å². The van der Waals surface area contributed by atoms with E-state index < -0.39 is 31.2 Å². The van der Waals surface area contributed by atoms with Gasteiger partial charge in [0.2, 0.25) is 5.88 Å². The van der Waals surface area contributed by atoms with Crippen molar-refractivity contribution in [3.05, 3.63) is 48.0 Å². The molecule has 1 aromatic carbocycles. The summed E-state index contributed by atoms with van der Waals surface area (Å²) in [4.78, 5) is 17.7. The first-order valence-corrected chi connectivity index (χ1v) is 12.5. The number of halogens is 1. The number of aliphatic imine (C=N–C) groups is 1. The molecule has 34 heavy (non-hydrogen) atoms. The molecule has 4 heterocycles. The van der Waals surface area contributed by atoms with Crippen molar-refractivity contribution < 1.29 is 17.5 Å². The summed E-state index contributed by atoms with van der Waals surface area (Å²) in [6.45, 7) is 3.26. The van der Waals surface area contributed by atoms with Gasteiger partial charge in [0.25, 0.3) is 0 Å². The second kappa shape index (κ2) is 7.59. The fourth-order valence-corrected chi connectivity index (χ4v) is 7.67. The highest BCUT2D eigenvalue weighted by Crippen LogP contribution is 2.49. The third-order valence-electron chi connectivity index (χ3n) is 7.07. The number of nitrogens with two attached hydrogens (primary N) is 1. The van der Waals surface area contributed by atoms with Crippen LogP contribution in [0.4, 0.5) is 15.9 Å². The number of nitrogens with one attached hydrogen (secondary N) is 1. The van der Waals surface area contributed by atoms with Crippen molar-refractivity contribution in [3.8, 4) is 5.88 Å². The zero-order valence-corrected chi connectivity index (χ0v) is 19.9. The average molecular weight is 485 g/mol. The number of ether oxygens (including phenoxy) is 1. The second-order valence-electron chi connectivity index (χ2n) is 9.06. The first-order valence-electron chi connectivity index (χ1n) is 10.9. The lowest BCUT2D eigenvalue weighted by Gasteiger charge is -2.48. The van der Waals surface area contributed by atoms with E-state index >= 15 is 4.39 Å². The Morgan fingerprint density at radius 3 is 2.79 bits per heavy atom. The maximum atomic E-state index is 15.2. The SMILES string of the molecule is COc1cnc2c(Nc3ccc(F)c([C@@]4(C)N=C(N)[C@]5(C)CCC[C@H]4S5(=O)=O)c3)nccc2n1. The van der Waals surface area contributed by atoms with Crippen LogP contribution in [0.15, 0.2) is 41.7 Å². The molecule has 1 saturated heterocycles. The summed E-state index contributed by atoms with van der Waals surface area (Å²) in [5.74, 6) is 0.267. The van der Waals surface area contributed by atoms with Crippen molar-refractivity contribution in [2.24, 2.45) is 10.7 Å². The fourth-order valence-electron chi connectivity index (χ4n) is 5.01. The van der Waals surface area contributed by atoms with Crippen LogP contribution in [0.5, 0.6) is 5.88 Å². The van der Waals surface area contributed by atoms with Gasteiger partial charge in [-0.25, -0.2) is 27.8 Å². The molecule has 3 aromatic rings. The Hall–Kier alpha value is -3.34. The highest BCUT2D eigenvalue weighted by molar-refractivity contribution is 7.94. The highest BCUT2D eigenvalue weighted by atomic mass is 32.2. The maximum absolute atomic E-state index is 15.2. The van der Waals surface area contributed by atoms with Gasteiger partial charge in [0, 0.05) is 17.4 Å². The molecule has 2 aliphatic heterocycles. The van der Waals surface area contributed by atoms with Crippen molar-refractivity contribution in [3.63, 3.8) is 0 Å². The lowest BCUT2D eigenvalue weighted by Crippen LogP contribution is -2.63. The lowest BCUT2D eigenvalue weighted by atomic mass is 9.82. The van der Waals surface area contributed by atoms with E-state index in [1.807, 2.05) is 0 Å². The molecule has 0 saturated carbocycles. The number of fused-ring (bicyclic) bond motifs is 3. The lowest BCUT2D eigenvalue weighted by molar-refractivity contribution is 0.355. The van der Waals surface area contributed by atoms with Gasteiger partial charge in [0.1, 0.15) is 27.5 Å². The van der Waals surface area contributed by atoms with Crippen LogP contribution in [0.1, 0.15) is 38.7 Å². The Morgan fingerprint density at radius 2 is 2.03 bits per heavy atom. The third-order valence-corrected chi connectivity index (χ3v) is 10.2. The molecule has 0 aliphatic carbocycles. The van der Waals surface area contributed by atoms with E-state index in [2.05, 4.69) is 25.3 Å². The number of amidine groups is 1. The monoisotopic (exact) mass is 484 g/mol. The molecule has 2 aliphatic rings. The topological polar surface area (TPSA) is 132 Å². The number of anilines is 2. The van der Waals surface area contributed by atoms with Crippen LogP contribution in [0, 0.1) is 5.82 Å². The minimum absolute atomic E-state index is 0.0312. The quantitative estimate of drug-likeness (QED) is 0.577. The van der Waals surface area contributed by atoms with Gasteiger partial charge in [-0.15, -0.1) is 0 Å². The molecule has 0 radical (unpaired) electrons. The van der Waals surface area contributed by atoms with Crippen LogP contribution in [-0.2, 0) is 15.4 Å². The molecule has 3 N–H and O–H groups in total. The molecule has 3 atom stereocenters. The first kappa shape index (κ1) is 22.5. The number of hydrogen-bond donors (Lipinski definition) is 2. The van der Waals surface area contributed by atoms with Crippen molar-refractivity contribution in [2.45, 2.75) is 48.6 Å². The zero-order valence-electron chi connectivity index (χ0n) is 19.0. The Kier molecular flexibility index (Phi) is 5.01. The predicted molar refractivity (Wildman–Crippen MR) is 128 cm³/mol. The third kappa shape index (κ3) is 3.13. The highest BCUT2D eigenvalue weighted by Gasteiger charge is 2.60. The van der Waals surface area contributed by atoms with E-state index in [-0.39, 0.29) is 11.4 Å². The average Bonchev–Trinajstić information content (AvgIpc) is 2.80. The molecule has 11 heteroatoms. The van der Waals surface area contributed by atoms with Crippen molar-refractivity contribution in [1.29, 1.82) is 0 Å². The number of methoxy groups -OCH3 is 1. The van der Waals surface area contributed by atoms with Crippen LogP contribution in [0.2, 0.25) is 0 Å². The minimum atomic E-state index is -3.68. The molecular weight excluding hydrogens is 459 g/mol. The largest absolute Gasteiger partial charge is 0.480 e. The van der Waals surface area contributed by atoms with Gasteiger partial charge in [-0.3, -0.25) is 4.99 Å². The number of rotatable bonds is 4. The molecule has 0 spiro atoms. The number of pyridine rings is 1. The first-order chi connectivity index (χ1) is 16.1. The van der Waals surface area contributed by atoms with Gasteiger partial charge in [-0.05, 0) is 51.0 Å². The van der Waals surface area contributed by atoms with Crippen LogP contribution < -0.4 is 15.8 Å². The second-order valence-corrected chi connectivity index (χ2v) is 11.6. The van der Waals surface area contributed by atoms with Crippen molar-refractivity contribution in [2.75, 3.05) is 12.4 Å². The number of hydrogen-bond acceptors (Lipinski definition) is 9. The number of nitrogens with zero attached hydrogens (tertiary/aromatic N) is 4. The van der Waals surface area contributed by atoms with Gasteiger partial charge in [-0.1, -0.05) is 6.42 Å². The van der Waals surface area contributed by atoms with E-state index in [1.54, 1.807) is 38.2 Å². The van der Waals surface area contributed by atoms with E-state index in [9.17, 15) is 8.42 Å². The standard InChI is InChI=1S/C23H25FN6O3S/c1-22-9-4-5-17(34(22,31)32)23(2,30-21(22)25)14-11-13(6-7-15(14)24)28-20-19-16(8-10-26-20)29-18(33-3)12-27-19/h6-8,10-12,17H,4-5,9H2,1-3H3,(H2,25,30)(H,26,28)/t17-,22+,23-/m1/s1. The Bertz CT molecular complexity index is 1450. The maximum Gasteiger partial charge on any atom is 0.232 e. The smallest absolute Gasteiger partial charge is 0.232 e. The molecule has 5 rings (SSSR count). The summed E-state index contributed by atoms with van der Waals surface area (Å²) in [6, 6.07) is 6.11. The van der Waals surface area contributed by atoms with Crippen LogP contribution in [-0.4, -0.2) is 46.3 Å². The molecule has 2 bridgehead atoms. The van der Waals surface area contributed by atoms with Crippen LogP contribution in [0.25, 0.3) is 11.0 Å². The number of sulfone groups is 1. The summed E-state index contributed by atoms with van der Waals surface area (Å²) in [7, 11) is -2.17. The minimum Gasteiger partial charge on any atom is -0.480 e. The predicted octanol–water partition coefficient (Wildman–Crippen LogP) is 3.23. The molecule has 0 unspecified atom stereocenters. The summed E-state index contributed by atoms with van der Waals surface area (Å²) in [5, 5.41) is 2.28. The van der Waals surface area contributed by atoms with Gasteiger partial charge in [0.05, 0.1) is 24.1 Å². The van der Waals surface area contributed by atoms with E-state index in [0.717, 1.165) is 0 Å². The molecule has 9 nitrogen and oxygen atoms in total. The summed E-state index contributed by atoms with van der Waals surface area (Å²) < 4.78 is 46.0. The molecule has 178 valence electrons.